The molecule has 1 fully saturated rings. The third-order valence-corrected chi connectivity index (χ3v) is 3.67. The van der Waals surface area contributed by atoms with Crippen molar-refractivity contribution in [3.8, 4) is 11.3 Å². The van der Waals surface area contributed by atoms with Crippen LogP contribution >= 0.6 is 0 Å². The second-order valence-electron chi connectivity index (χ2n) is 5.00. The minimum Gasteiger partial charge on any atom is -0.444 e. The van der Waals surface area contributed by atoms with Gasteiger partial charge >= 0.3 is 0 Å². The van der Waals surface area contributed by atoms with Gasteiger partial charge in [-0.1, -0.05) is 0 Å². The van der Waals surface area contributed by atoms with Crippen LogP contribution in [0.3, 0.4) is 0 Å². The molecule has 2 unspecified atom stereocenters. The van der Waals surface area contributed by atoms with Crippen LogP contribution in [0.2, 0.25) is 0 Å². The molecule has 100 valence electrons. The van der Waals surface area contributed by atoms with Crippen molar-refractivity contribution in [3.63, 3.8) is 0 Å². The fraction of sp³-hybridized carbons (Fsp3) is 0.400. The summed E-state index contributed by atoms with van der Waals surface area (Å²) in [6.07, 6.45) is 4.31. The normalized spacial score (nSPS) is 20.4. The second-order valence-corrected chi connectivity index (χ2v) is 5.00. The molecule has 0 radical (unpaired) electrons. The van der Waals surface area contributed by atoms with Crippen LogP contribution in [0.25, 0.3) is 11.3 Å². The number of anilines is 1. The van der Waals surface area contributed by atoms with Crippen molar-refractivity contribution < 1.29 is 9.15 Å². The van der Waals surface area contributed by atoms with Crippen molar-refractivity contribution >= 4 is 5.69 Å². The number of hydrogen-bond donors (Lipinski definition) is 1. The second kappa shape index (κ2) is 5.45. The lowest BCUT2D eigenvalue weighted by Crippen LogP contribution is -2.25. The first kappa shape index (κ1) is 12.2. The maximum Gasteiger partial charge on any atom is 0.181 e. The Labute approximate surface area is 112 Å². The van der Waals surface area contributed by atoms with E-state index in [1.54, 1.807) is 6.20 Å². The van der Waals surface area contributed by atoms with Gasteiger partial charge in [-0.2, -0.15) is 0 Å². The van der Waals surface area contributed by atoms with Gasteiger partial charge in [0, 0.05) is 29.8 Å². The van der Waals surface area contributed by atoms with Crippen LogP contribution in [0, 0.1) is 5.92 Å². The van der Waals surface area contributed by atoms with Crippen LogP contribution in [-0.4, -0.2) is 24.2 Å². The van der Waals surface area contributed by atoms with Crippen LogP contribution in [0.4, 0.5) is 5.69 Å². The third kappa shape index (κ3) is 2.79. The minimum absolute atomic E-state index is 0.429. The Morgan fingerprint density at radius 2 is 2.16 bits per heavy atom. The molecule has 19 heavy (non-hydrogen) atoms. The molecule has 1 aliphatic heterocycles. The van der Waals surface area contributed by atoms with E-state index in [0.29, 0.717) is 12.0 Å². The van der Waals surface area contributed by atoms with E-state index in [2.05, 4.69) is 29.4 Å². The largest absolute Gasteiger partial charge is 0.444 e. The molecule has 2 aromatic rings. The van der Waals surface area contributed by atoms with Gasteiger partial charge in [-0.05, 0) is 37.6 Å². The maximum absolute atomic E-state index is 5.42. The molecule has 1 aromatic carbocycles. The predicted octanol–water partition coefficient (Wildman–Crippen LogP) is 3.18. The van der Waals surface area contributed by atoms with E-state index in [0.717, 1.165) is 36.6 Å². The SMILES string of the molecule is CC(Nc1ccc(-c2cnco2)cc1)C1CCOC1. The standard InChI is InChI=1S/C15H18N2O2/c1-11(13-6-7-18-9-13)17-14-4-2-12(3-5-14)15-8-16-10-19-15/h2-5,8,10-11,13,17H,6-7,9H2,1H3. The Balaban J connectivity index is 1.65. The first-order valence-electron chi connectivity index (χ1n) is 6.66. The molecule has 1 aromatic heterocycles. The maximum atomic E-state index is 5.42. The van der Waals surface area contributed by atoms with Gasteiger partial charge in [-0.15, -0.1) is 0 Å². The average molecular weight is 258 g/mol. The highest BCUT2D eigenvalue weighted by atomic mass is 16.5. The van der Waals surface area contributed by atoms with Gasteiger partial charge in [0.15, 0.2) is 12.2 Å². The van der Waals surface area contributed by atoms with Crippen molar-refractivity contribution in [2.75, 3.05) is 18.5 Å². The predicted molar refractivity (Wildman–Crippen MR) is 73.9 cm³/mol. The van der Waals surface area contributed by atoms with Crippen LogP contribution < -0.4 is 5.32 Å². The molecule has 4 heteroatoms. The van der Waals surface area contributed by atoms with Gasteiger partial charge < -0.3 is 14.5 Å². The van der Waals surface area contributed by atoms with Gasteiger partial charge in [-0.3, -0.25) is 0 Å². The first-order chi connectivity index (χ1) is 9.33. The zero-order valence-corrected chi connectivity index (χ0v) is 11.0. The molecule has 1 saturated heterocycles. The molecule has 2 atom stereocenters. The van der Waals surface area contributed by atoms with E-state index in [1.165, 1.54) is 6.39 Å². The van der Waals surface area contributed by atoms with Crippen LogP contribution in [0.1, 0.15) is 13.3 Å². The molecule has 0 aliphatic carbocycles. The zero-order valence-electron chi connectivity index (χ0n) is 11.0. The Kier molecular flexibility index (Phi) is 3.51. The van der Waals surface area contributed by atoms with E-state index in [4.69, 9.17) is 9.15 Å². The summed E-state index contributed by atoms with van der Waals surface area (Å²) in [6.45, 7) is 3.97. The first-order valence-corrected chi connectivity index (χ1v) is 6.66. The van der Waals surface area contributed by atoms with Crippen molar-refractivity contribution in [2.24, 2.45) is 5.92 Å². The molecule has 0 bridgehead atoms. The van der Waals surface area contributed by atoms with Gasteiger partial charge in [0.05, 0.1) is 12.8 Å². The molecule has 2 heterocycles. The summed E-state index contributed by atoms with van der Waals surface area (Å²) in [5.41, 5.74) is 2.17. The summed E-state index contributed by atoms with van der Waals surface area (Å²) in [5.74, 6) is 1.40. The van der Waals surface area contributed by atoms with Crippen molar-refractivity contribution in [1.29, 1.82) is 0 Å². The lowest BCUT2D eigenvalue weighted by atomic mass is 10.0. The number of nitrogens with one attached hydrogen (secondary N) is 1. The van der Waals surface area contributed by atoms with E-state index in [-0.39, 0.29) is 0 Å². The highest BCUT2D eigenvalue weighted by Gasteiger charge is 2.21. The van der Waals surface area contributed by atoms with Crippen LogP contribution in [0.5, 0.6) is 0 Å². The van der Waals surface area contributed by atoms with Crippen LogP contribution in [-0.2, 0) is 4.74 Å². The fourth-order valence-corrected chi connectivity index (χ4v) is 2.42. The molecule has 1 N–H and O–H groups in total. The Morgan fingerprint density at radius 1 is 1.32 bits per heavy atom. The summed E-state index contributed by atoms with van der Waals surface area (Å²) in [4.78, 5) is 3.93. The smallest absolute Gasteiger partial charge is 0.181 e. The summed E-state index contributed by atoms with van der Waals surface area (Å²) >= 11 is 0. The number of nitrogens with zero attached hydrogens (tertiary/aromatic N) is 1. The highest BCUT2D eigenvalue weighted by Crippen LogP contribution is 2.23. The quantitative estimate of drug-likeness (QED) is 0.915. The monoisotopic (exact) mass is 258 g/mol. The molecule has 0 amide bonds. The summed E-state index contributed by atoms with van der Waals surface area (Å²) in [6, 6.07) is 8.66. The molecular formula is C15H18N2O2. The van der Waals surface area contributed by atoms with Crippen molar-refractivity contribution in [2.45, 2.75) is 19.4 Å². The Morgan fingerprint density at radius 3 is 2.79 bits per heavy atom. The summed E-state index contributed by atoms with van der Waals surface area (Å²) < 4.78 is 10.7. The van der Waals surface area contributed by atoms with Gasteiger partial charge in [0.25, 0.3) is 0 Å². The highest BCUT2D eigenvalue weighted by molar-refractivity contribution is 5.60. The lowest BCUT2D eigenvalue weighted by molar-refractivity contribution is 0.183. The lowest BCUT2D eigenvalue weighted by Gasteiger charge is -2.20. The molecular weight excluding hydrogens is 240 g/mol. The minimum atomic E-state index is 0.429. The molecule has 4 nitrogen and oxygen atoms in total. The topological polar surface area (TPSA) is 47.3 Å². The van der Waals surface area contributed by atoms with E-state index in [9.17, 15) is 0 Å². The number of hydrogen-bond acceptors (Lipinski definition) is 4. The zero-order chi connectivity index (χ0) is 13.1. The van der Waals surface area contributed by atoms with Gasteiger partial charge in [0.2, 0.25) is 0 Å². The average Bonchev–Trinajstić information content (AvgIpc) is 3.13. The number of rotatable bonds is 4. The molecule has 1 aliphatic rings. The van der Waals surface area contributed by atoms with Crippen molar-refractivity contribution in [1.82, 2.24) is 4.98 Å². The van der Waals surface area contributed by atoms with Crippen LogP contribution in [0.15, 0.2) is 41.3 Å². The Hall–Kier alpha value is -1.81. The molecule has 3 rings (SSSR count). The fourth-order valence-electron chi connectivity index (χ4n) is 2.42. The summed E-state index contributed by atoms with van der Waals surface area (Å²) in [5, 5.41) is 3.53. The summed E-state index contributed by atoms with van der Waals surface area (Å²) in [7, 11) is 0. The van der Waals surface area contributed by atoms with Gasteiger partial charge in [0.1, 0.15) is 0 Å². The number of aromatic nitrogens is 1. The van der Waals surface area contributed by atoms with Crippen molar-refractivity contribution in [3.05, 3.63) is 36.9 Å². The molecule has 0 saturated carbocycles. The van der Waals surface area contributed by atoms with E-state index < -0.39 is 0 Å². The third-order valence-electron chi connectivity index (χ3n) is 3.67. The van der Waals surface area contributed by atoms with E-state index in [1.807, 2.05) is 12.1 Å². The number of ether oxygens (including phenoxy) is 1. The Bertz CT molecular complexity index is 501. The number of oxazole rings is 1. The number of benzene rings is 1. The van der Waals surface area contributed by atoms with E-state index >= 15 is 0 Å². The molecule has 0 spiro atoms. The van der Waals surface area contributed by atoms with Gasteiger partial charge in [-0.25, -0.2) is 4.98 Å².